The SMILES string of the molecule is Oc1ccc(-c2cnc3cccnc3n2)cc1Cl. The van der Waals surface area contributed by atoms with Crippen LogP contribution in [0.1, 0.15) is 0 Å². The van der Waals surface area contributed by atoms with Crippen molar-refractivity contribution in [2.45, 2.75) is 0 Å². The van der Waals surface area contributed by atoms with E-state index in [9.17, 15) is 5.11 Å². The van der Waals surface area contributed by atoms with Gasteiger partial charge in [-0.15, -0.1) is 0 Å². The molecule has 1 aromatic carbocycles. The first kappa shape index (κ1) is 10.9. The lowest BCUT2D eigenvalue weighted by molar-refractivity contribution is 0.475. The molecule has 1 N–H and O–H groups in total. The number of phenols is 1. The van der Waals surface area contributed by atoms with Crippen LogP contribution in [0.4, 0.5) is 0 Å². The van der Waals surface area contributed by atoms with E-state index in [1.54, 1.807) is 24.5 Å². The Morgan fingerprint density at radius 2 is 2.00 bits per heavy atom. The molecule has 0 radical (unpaired) electrons. The van der Waals surface area contributed by atoms with Gasteiger partial charge in [-0.1, -0.05) is 11.6 Å². The quantitative estimate of drug-likeness (QED) is 0.728. The van der Waals surface area contributed by atoms with Crippen LogP contribution in [0.15, 0.2) is 42.7 Å². The first-order valence-electron chi connectivity index (χ1n) is 5.31. The molecular formula is C13H8ClN3O. The van der Waals surface area contributed by atoms with Crippen molar-refractivity contribution < 1.29 is 5.11 Å². The summed E-state index contributed by atoms with van der Waals surface area (Å²) in [6.07, 6.45) is 3.33. The van der Waals surface area contributed by atoms with Crippen LogP contribution in [0, 0.1) is 0 Å². The van der Waals surface area contributed by atoms with Crippen LogP contribution >= 0.6 is 11.6 Å². The summed E-state index contributed by atoms with van der Waals surface area (Å²) < 4.78 is 0. The number of halogens is 1. The van der Waals surface area contributed by atoms with Gasteiger partial charge in [-0.2, -0.15) is 0 Å². The average Bonchev–Trinajstić information content (AvgIpc) is 2.41. The van der Waals surface area contributed by atoms with Gasteiger partial charge in [0.25, 0.3) is 0 Å². The second kappa shape index (κ2) is 4.23. The number of benzene rings is 1. The lowest BCUT2D eigenvalue weighted by Gasteiger charge is -2.03. The summed E-state index contributed by atoms with van der Waals surface area (Å²) in [6, 6.07) is 8.58. The maximum absolute atomic E-state index is 9.38. The first-order chi connectivity index (χ1) is 8.74. The number of hydrogen-bond donors (Lipinski definition) is 1. The van der Waals surface area contributed by atoms with Gasteiger partial charge in [0, 0.05) is 11.8 Å². The average molecular weight is 258 g/mol. The highest BCUT2D eigenvalue weighted by Crippen LogP contribution is 2.28. The minimum atomic E-state index is 0.0484. The van der Waals surface area contributed by atoms with Crippen LogP contribution in [0.25, 0.3) is 22.4 Å². The Bertz CT molecular complexity index is 730. The number of hydrogen-bond acceptors (Lipinski definition) is 4. The van der Waals surface area contributed by atoms with Crippen LogP contribution < -0.4 is 0 Å². The molecule has 0 aliphatic rings. The molecule has 0 saturated heterocycles. The summed E-state index contributed by atoms with van der Waals surface area (Å²) in [7, 11) is 0. The maximum atomic E-state index is 9.38. The first-order valence-corrected chi connectivity index (χ1v) is 5.68. The normalized spacial score (nSPS) is 10.7. The van der Waals surface area contributed by atoms with Crippen molar-refractivity contribution in [3.05, 3.63) is 47.7 Å². The van der Waals surface area contributed by atoms with Crippen LogP contribution in [-0.4, -0.2) is 20.1 Å². The molecule has 0 unspecified atom stereocenters. The molecule has 88 valence electrons. The smallest absolute Gasteiger partial charge is 0.178 e. The van der Waals surface area contributed by atoms with Gasteiger partial charge in [-0.05, 0) is 30.3 Å². The molecule has 0 saturated carbocycles. The molecule has 2 aromatic heterocycles. The van der Waals surface area contributed by atoms with Gasteiger partial charge in [0.15, 0.2) is 5.65 Å². The predicted octanol–water partition coefficient (Wildman–Crippen LogP) is 3.05. The Labute approximate surface area is 108 Å². The zero-order valence-corrected chi connectivity index (χ0v) is 9.96. The zero-order chi connectivity index (χ0) is 12.5. The summed E-state index contributed by atoms with van der Waals surface area (Å²) in [5.74, 6) is 0.0484. The van der Waals surface area contributed by atoms with E-state index in [0.29, 0.717) is 11.3 Å². The number of fused-ring (bicyclic) bond motifs is 1. The Hall–Kier alpha value is -2.20. The molecule has 18 heavy (non-hydrogen) atoms. The van der Waals surface area contributed by atoms with E-state index in [1.165, 1.54) is 6.07 Å². The van der Waals surface area contributed by atoms with Crippen LogP contribution in [0.3, 0.4) is 0 Å². The van der Waals surface area contributed by atoms with Crippen molar-refractivity contribution in [2.24, 2.45) is 0 Å². The molecule has 2 heterocycles. The minimum absolute atomic E-state index is 0.0484. The fourth-order valence-corrected chi connectivity index (χ4v) is 1.83. The van der Waals surface area contributed by atoms with Crippen LogP contribution in [-0.2, 0) is 0 Å². The molecule has 4 nitrogen and oxygen atoms in total. The Balaban J connectivity index is 2.16. The molecule has 3 aromatic rings. The van der Waals surface area contributed by atoms with E-state index in [0.717, 1.165) is 11.1 Å². The minimum Gasteiger partial charge on any atom is -0.506 e. The highest BCUT2D eigenvalue weighted by atomic mass is 35.5. The van der Waals surface area contributed by atoms with Gasteiger partial charge in [0.05, 0.1) is 16.9 Å². The van der Waals surface area contributed by atoms with Gasteiger partial charge in [-0.25, -0.2) is 9.97 Å². The zero-order valence-electron chi connectivity index (χ0n) is 9.21. The van der Waals surface area contributed by atoms with Crippen molar-refractivity contribution in [3.63, 3.8) is 0 Å². The molecule has 0 aliphatic carbocycles. The third-order valence-electron chi connectivity index (χ3n) is 2.56. The highest BCUT2D eigenvalue weighted by molar-refractivity contribution is 6.32. The predicted molar refractivity (Wildman–Crippen MR) is 69.4 cm³/mol. The van der Waals surface area contributed by atoms with Crippen molar-refractivity contribution >= 4 is 22.8 Å². The highest BCUT2D eigenvalue weighted by Gasteiger charge is 2.05. The fraction of sp³-hybridized carbons (Fsp3) is 0. The summed E-state index contributed by atoms with van der Waals surface area (Å²) in [4.78, 5) is 12.8. The topological polar surface area (TPSA) is 58.9 Å². The van der Waals surface area contributed by atoms with Crippen LogP contribution in [0.2, 0.25) is 5.02 Å². The largest absolute Gasteiger partial charge is 0.506 e. The lowest BCUT2D eigenvalue weighted by Crippen LogP contribution is -1.90. The fourth-order valence-electron chi connectivity index (χ4n) is 1.65. The molecule has 5 heteroatoms. The number of phenolic OH excluding ortho intramolecular Hbond substituents is 1. The Morgan fingerprint density at radius 3 is 2.83 bits per heavy atom. The molecular weight excluding hydrogens is 250 g/mol. The number of aromatic nitrogens is 3. The van der Waals surface area contributed by atoms with Crippen LogP contribution in [0.5, 0.6) is 5.75 Å². The van der Waals surface area contributed by atoms with E-state index < -0.39 is 0 Å². The number of rotatable bonds is 1. The van der Waals surface area contributed by atoms with Crippen molar-refractivity contribution in [3.8, 4) is 17.0 Å². The van der Waals surface area contributed by atoms with Gasteiger partial charge >= 0.3 is 0 Å². The number of aromatic hydroxyl groups is 1. The van der Waals surface area contributed by atoms with E-state index in [4.69, 9.17) is 11.6 Å². The lowest BCUT2D eigenvalue weighted by atomic mass is 10.1. The third-order valence-corrected chi connectivity index (χ3v) is 2.86. The van der Waals surface area contributed by atoms with Gasteiger partial charge in [0.2, 0.25) is 0 Å². The standard InChI is InChI=1S/C13H8ClN3O/c14-9-6-8(3-4-12(9)18)11-7-16-10-2-1-5-15-13(10)17-11/h1-7,18H. The van der Waals surface area contributed by atoms with Gasteiger partial charge in [-0.3, -0.25) is 4.98 Å². The monoisotopic (exact) mass is 257 g/mol. The molecule has 0 spiro atoms. The summed E-state index contributed by atoms with van der Waals surface area (Å²) >= 11 is 5.87. The molecule has 3 rings (SSSR count). The van der Waals surface area contributed by atoms with Crippen molar-refractivity contribution in [2.75, 3.05) is 0 Å². The molecule has 0 aliphatic heterocycles. The van der Waals surface area contributed by atoms with E-state index in [1.807, 2.05) is 12.1 Å². The van der Waals surface area contributed by atoms with Gasteiger partial charge < -0.3 is 5.11 Å². The summed E-state index contributed by atoms with van der Waals surface area (Å²) in [6.45, 7) is 0. The Kier molecular flexibility index (Phi) is 2.57. The molecule has 0 bridgehead atoms. The second-order valence-electron chi connectivity index (χ2n) is 3.77. The summed E-state index contributed by atoms with van der Waals surface area (Å²) in [5, 5.41) is 9.67. The third kappa shape index (κ3) is 1.87. The van der Waals surface area contributed by atoms with E-state index >= 15 is 0 Å². The van der Waals surface area contributed by atoms with Crippen molar-refractivity contribution in [1.82, 2.24) is 15.0 Å². The number of nitrogens with zero attached hydrogens (tertiary/aromatic N) is 3. The van der Waals surface area contributed by atoms with Crippen molar-refractivity contribution in [1.29, 1.82) is 0 Å². The maximum Gasteiger partial charge on any atom is 0.178 e. The summed E-state index contributed by atoms with van der Waals surface area (Å²) in [5.41, 5.74) is 2.78. The molecule has 0 fully saturated rings. The Morgan fingerprint density at radius 1 is 1.11 bits per heavy atom. The van der Waals surface area contributed by atoms with E-state index in [2.05, 4.69) is 15.0 Å². The molecule has 0 amide bonds. The van der Waals surface area contributed by atoms with Gasteiger partial charge in [0.1, 0.15) is 11.3 Å². The number of pyridine rings is 1. The molecule has 0 atom stereocenters. The second-order valence-corrected chi connectivity index (χ2v) is 4.17. The van der Waals surface area contributed by atoms with E-state index in [-0.39, 0.29) is 10.8 Å².